The number of carbonyl (C=O) groups excluding carboxylic acids is 1. The van der Waals surface area contributed by atoms with Gasteiger partial charge in [-0.2, -0.15) is 0 Å². The van der Waals surface area contributed by atoms with Gasteiger partial charge in [0.2, 0.25) is 0 Å². The van der Waals surface area contributed by atoms with Crippen molar-refractivity contribution in [2.75, 3.05) is 26.9 Å². The second-order valence-electron chi connectivity index (χ2n) is 10.9. The number of allylic oxidation sites excluding steroid dienone is 1. The average molecular weight is 629 g/mol. The van der Waals surface area contributed by atoms with Crippen molar-refractivity contribution in [1.82, 2.24) is 9.55 Å². The minimum Gasteiger partial charge on any atom is -0.496 e. The van der Waals surface area contributed by atoms with Crippen molar-refractivity contribution < 1.29 is 23.2 Å². The summed E-state index contributed by atoms with van der Waals surface area (Å²) in [5, 5.41) is 0. The van der Waals surface area contributed by atoms with Crippen molar-refractivity contribution in [3.63, 3.8) is 0 Å². The number of hydrogen-bond acceptors (Lipinski definition) is 6. The lowest BCUT2D eigenvalue weighted by atomic mass is 9.98. The maximum absolute atomic E-state index is 13.0. The van der Waals surface area contributed by atoms with Crippen LogP contribution in [0, 0.1) is 13.8 Å². The predicted molar refractivity (Wildman–Crippen MR) is 181 cm³/mol. The Morgan fingerprint density at radius 3 is 2.40 bits per heavy atom. The van der Waals surface area contributed by atoms with E-state index in [2.05, 4.69) is 18.0 Å². The number of aryl methyl sites for hydroxylation is 3. The fraction of sp³-hybridized carbons (Fsp3) is 0.351. The van der Waals surface area contributed by atoms with Gasteiger partial charge in [0.05, 0.1) is 48.0 Å². The zero-order valence-corrected chi connectivity index (χ0v) is 27.8. The molecular formula is C37H44N2O5S. The van der Waals surface area contributed by atoms with E-state index in [1.165, 1.54) is 0 Å². The molecule has 45 heavy (non-hydrogen) atoms. The number of hydrogen-bond donors (Lipinski definition) is 0. The van der Waals surface area contributed by atoms with Crippen LogP contribution in [0.1, 0.15) is 54.8 Å². The average Bonchev–Trinajstić information content (AvgIpc) is 3.40. The van der Waals surface area contributed by atoms with Crippen LogP contribution in [0.5, 0.6) is 11.5 Å². The Kier molecular flexibility index (Phi) is 12.7. The Hall–Kier alpha value is -4.01. The molecule has 0 saturated carbocycles. The van der Waals surface area contributed by atoms with Crippen molar-refractivity contribution in [3.8, 4) is 22.6 Å². The summed E-state index contributed by atoms with van der Waals surface area (Å²) in [6, 6.07) is 19.5. The highest BCUT2D eigenvalue weighted by Gasteiger charge is 2.13. The molecule has 4 aromatic rings. The topological polar surface area (TPSA) is 79.7 Å². The number of nitrogens with zero attached hydrogens (tertiary/aromatic N) is 2. The summed E-state index contributed by atoms with van der Waals surface area (Å²) in [4.78, 5) is 18.0. The molecular weight excluding hydrogens is 584 g/mol. The number of benzene rings is 3. The summed E-state index contributed by atoms with van der Waals surface area (Å²) in [5.41, 5.74) is 6.63. The number of methoxy groups -OCH3 is 1. The third-order valence-electron chi connectivity index (χ3n) is 7.61. The Morgan fingerprint density at radius 2 is 1.71 bits per heavy atom. The smallest absolute Gasteiger partial charge is 0.160 e. The highest BCUT2D eigenvalue weighted by atomic mass is 32.2. The molecule has 238 valence electrons. The third kappa shape index (κ3) is 9.49. The molecule has 0 radical (unpaired) electrons. The molecule has 1 unspecified atom stereocenters. The van der Waals surface area contributed by atoms with E-state index in [1.54, 1.807) is 19.5 Å². The molecule has 0 spiro atoms. The first-order valence-electron chi connectivity index (χ1n) is 15.5. The van der Waals surface area contributed by atoms with Crippen molar-refractivity contribution in [1.29, 1.82) is 0 Å². The predicted octanol–water partition coefficient (Wildman–Crippen LogP) is 7.52. The van der Waals surface area contributed by atoms with E-state index in [0.717, 1.165) is 81.6 Å². The molecule has 4 rings (SSSR count). The van der Waals surface area contributed by atoms with Crippen molar-refractivity contribution >= 4 is 22.7 Å². The van der Waals surface area contributed by atoms with Crippen LogP contribution in [-0.2, 0) is 39.0 Å². The van der Waals surface area contributed by atoms with Crippen LogP contribution < -0.4 is 9.47 Å². The lowest BCUT2D eigenvalue weighted by molar-refractivity contribution is -0.113. The summed E-state index contributed by atoms with van der Waals surface area (Å²) in [7, 11) is 0.442. The quantitative estimate of drug-likeness (QED) is 0.0889. The summed E-state index contributed by atoms with van der Waals surface area (Å²) < 4.78 is 32.1. The second-order valence-corrected chi connectivity index (χ2v) is 12.4. The minimum absolute atomic E-state index is 0.0309. The molecule has 1 atom stereocenters. The third-order valence-corrected chi connectivity index (χ3v) is 8.94. The van der Waals surface area contributed by atoms with E-state index >= 15 is 0 Å². The van der Waals surface area contributed by atoms with Gasteiger partial charge in [0.25, 0.3) is 0 Å². The number of ether oxygens (including phenoxy) is 3. The van der Waals surface area contributed by atoms with Crippen LogP contribution in [-0.4, -0.2) is 46.5 Å². The number of aromatic nitrogens is 2. The van der Waals surface area contributed by atoms with Crippen LogP contribution in [0.2, 0.25) is 0 Å². The molecule has 7 nitrogen and oxygen atoms in total. The van der Waals surface area contributed by atoms with E-state index in [-0.39, 0.29) is 12.2 Å². The monoisotopic (exact) mass is 628 g/mol. The van der Waals surface area contributed by atoms with Gasteiger partial charge >= 0.3 is 0 Å². The Morgan fingerprint density at radius 1 is 0.956 bits per heavy atom. The molecule has 0 fully saturated rings. The maximum Gasteiger partial charge on any atom is 0.160 e. The highest BCUT2D eigenvalue weighted by molar-refractivity contribution is 7.84. The molecule has 0 aliphatic rings. The lowest BCUT2D eigenvalue weighted by Crippen LogP contribution is -2.07. The highest BCUT2D eigenvalue weighted by Crippen LogP contribution is 2.32. The van der Waals surface area contributed by atoms with Gasteiger partial charge in [-0.3, -0.25) is 9.00 Å². The molecule has 1 heterocycles. The molecule has 0 bridgehead atoms. The van der Waals surface area contributed by atoms with E-state index in [9.17, 15) is 9.00 Å². The van der Waals surface area contributed by atoms with Crippen LogP contribution >= 0.6 is 0 Å². The Balaban J connectivity index is 1.38. The van der Waals surface area contributed by atoms with E-state index in [4.69, 9.17) is 14.2 Å². The molecule has 0 N–H and O–H groups in total. The normalized spacial score (nSPS) is 12.0. The van der Waals surface area contributed by atoms with Gasteiger partial charge in [-0.05, 0) is 98.0 Å². The molecule has 0 aliphatic heterocycles. The summed E-state index contributed by atoms with van der Waals surface area (Å²) in [6.45, 7) is 10.8. The van der Waals surface area contributed by atoms with E-state index in [0.29, 0.717) is 19.0 Å². The van der Waals surface area contributed by atoms with Gasteiger partial charge < -0.3 is 18.8 Å². The van der Waals surface area contributed by atoms with Crippen LogP contribution in [0.3, 0.4) is 0 Å². The van der Waals surface area contributed by atoms with Gasteiger partial charge in [-0.25, -0.2) is 4.98 Å². The zero-order valence-electron chi connectivity index (χ0n) is 27.0. The zero-order chi connectivity index (χ0) is 32.2. The number of imidazole rings is 1. The Bertz CT molecular complexity index is 1610. The summed E-state index contributed by atoms with van der Waals surface area (Å²) in [6.07, 6.45) is 7.63. The fourth-order valence-corrected chi connectivity index (χ4v) is 6.29. The largest absolute Gasteiger partial charge is 0.496 e. The summed E-state index contributed by atoms with van der Waals surface area (Å²) >= 11 is 0. The molecule has 8 heteroatoms. The first-order chi connectivity index (χ1) is 21.8. The van der Waals surface area contributed by atoms with Crippen LogP contribution in [0.4, 0.5) is 0 Å². The van der Waals surface area contributed by atoms with Crippen molar-refractivity contribution in [2.45, 2.75) is 64.2 Å². The minimum atomic E-state index is -1.20. The fourth-order valence-electron chi connectivity index (χ4n) is 5.06. The molecule has 3 aromatic carbocycles. The van der Waals surface area contributed by atoms with E-state index in [1.807, 2.05) is 86.0 Å². The summed E-state index contributed by atoms with van der Waals surface area (Å²) in [5.74, 6) is 1.91. The van der Waals surface area contributed by atoms with Gasteiger partial charge in [0.1, 0.15) is 18.1 Å². The number of rotatable bonds is 17. The van der Waals surface area contributed by atoms with Crippen LogP contribution in [0.15, 0.2) is 78.0 Å². The van der Waals surface area contributed by atoms with Crippen molar-refractivity contribution in [3.05, 3.63) is 101 Å². The van der Waals surface area contributed by atoms with Gasteiger partial charge in [-0.15, -0.1) is 0 Å². The molecule has 0 aliphatic carbocycles. The first kappa shape index (κ1) is 33.9. The van der Waals surface area contributed by atoms with Crippen LogP contribution in [0.25, 0.3) is 17.2 Å². The maximum atomic E-state index is 13.0. The SMILES string of the molecule is CCCCOCCOc1ccc(-c2cc(C)c(OC)c(/C=C/C(=O)Cc3ccc(S(=O)Cc4c(C)ncn4CC)cc3)c2)cc1. The molecule has 1 aromatic heterocycles. The number of unbranched alkanes of at least 4 members (excludes halogenated alkanes) is 1. The van der Waals surface area contributed by atoms with Gasteiger partial charge in [-0.1, -0.05) is 37.6 Å². The van der Waals surface area contributed by atoms with E-state index < -0.39 is 10.8 Å². The molecule has 0 amide bonds. The first-order valence-corrected chi connectivity index (χ1v) is 16.8. The number of carbonyl (C=O) groups is 1. The van der Waals surface area contributed by atoms with Crippen molar-refractivity contribution in [2.24, 2.45) is 0 Å². The van der Waals surface area contributed by atoms with Gasteiger partial charge in [0, 0.05) is 30.0 Å². The number of ketones is 1. The Labute approximate surface area is 269 Å². The van der Waals surface area contributed by atoms with Gasteiger partial charge in [0.15, 0.2) is 5.78 Å². The molecule has 0 saturated heterocycles. The lowest BCUT2D eigenvalue weighted by Gasteiger charge is -2.13. The second kappa shape index (κ2) is 16.9. The standard InChI is InChI=1S/C37H44N2O5S/c1-6-8-19-43-20-21-44-34-15-12-30(13-16-34)32-22-27(3)37(42-5)31(24-32)11-14-33(40)23-29-9-17-35(18-10-29)45(41)25-36-28(4)38-26-39(36)7-2/h9-18,22,24,26H,6-8,19-21,23,25H2,1-5H3/b14-11+.